The van der Waals surface area contributed by atoms with Crippen LogP contribution in [0, 0.1) is 5.53 Å². The number of carbonyl (C=O) groups is 2. The largest absolute Gasteiger partial charge is 0.446 e. The third-order valence-electron chi connectivity index (χ3n) is 5.50. The number of carbonyl (C=O) groups excluding carboxylic acids is 2. The number of thioether (sulfide) groups is 1. The van der Waals surface area contributed by atoms with Crippen molar-refractivity contribution in [3.8, 4) is 0 Å². The molecule has 12 heteroatoms. The lowest BCUT2D eigenvalue weighted by Crippen LogP contribution is -2.34. The lowest BCUT2D eigenvalue weighted by Gasteiger charge is -2.25. The number of guanidine groups is 1. The third-order valence-corrected chi connectivity index (χ3v) is 6.24. The Hall–Kier alpha value is -4.19. The molecule has 3 aromatic rings. The SMILES string of the molecule is CC(C)(C)c1ccc(N(Cc2ccc(C(=O)N=C(N)N=N)cc2)C(=O)Nc2ccc(SC(F)(F)F)cc2)cc1. The fourth-order valence-electron chi connectivity index (χ4n) is 3.48. The summed E-state index contributed by atoms with van der Waals surface area (Å²) in [6, 6.07) is 18.8. The first-order valence-electron chi connectivity index (χ1n) is 11.6. The maximum Gasteiger partial charge on any atom is 0.446 e. The molecule has 39 heavy (non-hydrogen) atoms. The number of hydrogen-bond acceptors (Lipinski definition) is 4. The molecule has 0 aliphatic rings. The highest BCUT2D eigenvalue weighted by Gasteiger charge is 2.29. The van der Waals surface area contributed by atoms with Gasteiger partial charge in [0.2, 0.25) is 5.96 Å². The molecule has 0 fully saturated rings. The molecule has 0 heterocycles. The molecule has 0 spiro atoms. The molecule has 0 aliphatic heterocycles. The first kappa shape index (κ1) is 29.4. The number of rotatable bonds is 6. The molecule has 3 rings (SSSR count). The van der Waals surface area contributed by atoms with E-state index in [-0.39, 0.29) is 34.2 Å². The summed E-state index contributed by atoms with van der Waals surface area (Å²) in [7, 11) is 0. The van der Waals surface area contributed by atoms with E-state index in [9.17, 15) is 22.8 Å². The van der Waals surface area contributed by atoms with Gasteiger partial charge in [-0.3, -0.25) is 9.69 Å². The van der Waals surface area contributed by atoms with Gasteiger partial charge < -0.3 is 11.1 Å². The van der Waals surface area contributed by atoms with Crippen LogP contribution in [0.5, 0.6) is 0 Å². The molecule has 0 atom stereocenters. The summed E-state index contributed by atoms with van der Waals surface area (Å²) in [5.74, 6) is -1.12. The van der Waals surface area contributed by atoms with Crippen molar-refractivity contribution >= 4 is 41.0 Å². The van der Waals surface area contributed by atoms with E-state index in [1.165, 1.54) is 41.3 Å². The predicted molar refractivity (Wildman–Crippen MR) is 146 cm³/mol. The van der Waals surface area contributed by atoms with Crippen LogP contribution in [0.2, 0.25) is 0 Å². The van der Waals surface area contributed by atoms with Crippen LogP contribution in [0.4, 0.5) is 29.3 Å². The minimum atomic E-state index is -4.41. The Bertz CT molecular complexity index is 1350. The third kappa shape index (κ3) is 8.67. The van der Waals surface area contributed by atoms with Crippen molar-refractivity contribution in [1.29, 1.82) is 5.53 Å². The number of nitrogens with zero attached hydrogens (tertiary/aromatic N) is 3. The lowest BCUT2D eigenvalue weighted by molar-refractivity contribution is -0.0328. The quantitative estimate of drug-likeness (QED) is 0.127. The van der Waals surface area contributed by atoms with Crippen LogP contribution in [0.1, 0.15) is 42.3 Å². The van der Waals surface area contributed by atoms with Crippen molar-refractivity contribution in [3.63, 3.8) is 0 Å². The molecule has 0 saturated carbocycles. The van der Waals surface area contributed by atoms with Crippen molar-refractivity contribution in [2.45, 2.75) is 43.1 Å². The van der Waals surface area contributed by atoms with Gasteiger partial charge in [-0.25, -0.2) is 10.3 Å². The van der Waals surface area contributed by atoms with Crippen molar-refractivity contribution in [3.05, 3.63) is 89.5 Å². The number of anilines is 2. The van der Waals surface area contributed by atoms with Crippen molar-refractivity contribution in [2.75, 3.05) is 10.2 Å². The van der Waals surface area contributed by atoms with Gasteiger partial charge in [0.1, 0.15) is 0 Å². The summed E-state index contributed by atoms with van der Waals surface area (Å²) in [6.45, 7) is 6.36. The lowest BCUT2D eigenvalue weighted by atomic mass is 9.87. The van der Waals surface area contributed by atoms with E-state index in [0.717, 1.165) is 5.56 Å². The molecule has 4 N–H and O–H groups in total. The van der Waals surface area contributed by atoms with Gasteiger partial charge in [0.05, 0.1) is 6.54 Å². The number of aliphatic imine (C=N–C) groups is 1. The average molecular weight is 557 g/mol. The Balaban J connectivity index is 1.85. The zero-order chi connectivity index (χ0) is 28.8. The minimum absolute atomic E-state index is 0.00671. The average Bonchev–Trinajstić information content (AvgIpc) is 2.87. The normalized spacial score (nSPS) is 12.1. The van der Waals surface area contributed by atoms with E-state index in [4.69, 9.17) is 11.3 Å². The summed E-state index contributed by atoms with van der Waals surface area (Å²) in [5.41, 5.74) is 10.5. The Morgan fingerprint density at radius 2 is 1.54 bits per heavy atom. The highest BCUT2D eigenvalue weighted by molar-refractivity contribution is 8.00. The second-order valence-corrected chi connectivity index (χ2v) is 10.6. The zero-order valence-corrected chi connectivity index (χ0v) is 22.2. The van der Waals surface area contributed by atoms with Crippen LogP contribution in [0.15, 0.2) is 87.8 Å². The highest BCUT2D eigenvalue weighted by atomic mass is 32.2. The van der Waals surface area contributed by atoms with Crippen LogP contribution in [0.3, 0.4) is 0 Å². The maximum absolute atomic E-state index is 13.4. The van der Waals surface area contributed by atoms with Crippen LogP contribution < -0.4 is 16.0 Å². The van der Waals surface area contributed by atoms with Crippen LogP contribution in [-0.4, -0.2) is 23.4 Å². The van der Waals surface area contributed by atoms with E-state index >= 15 is 0 Å². The second-order valence-electron chi connectivity index (χ2n) is 9.47. The zero-order valence-electron chi connectivity index (χ0n) is 21.4. The highest BCUT2D eigenvalue weighted by Crippen LogP contribution is 2.37. The van der Waals surface area contributed by atoms with E-state index in [0.29, 0.717) is 16.9 Å². The molecular formula is C27H27F3N6O2S. The number of nitrogens with two attached hydrogens (primary N) is 1. The Labute approximate surface area is 228 Å². The van der Waals surface area contributed by atoms with E-state index in [1.807, 2.05) is 24.3 Å². The predicted octanol–water partition coefficient (Wildman–Crippen LogP) is 7.32. The van der Waals surface area contributed by atoms with Gasteiger partial charge in [0.15, 0.2) is 0 Å². The van der Waals surface area contributed by atoms with Crippen LogP contribution in [-0.2, 0) is 12.0 Å². The topological polar surface area (TPSA) is 124 Å². The monoisotopic (exact) mass is 556 g/mol. The molecule has 0 aliphatic carbocycles. The number of benzene rings is 3. The van der Waals surface area contributed by atoms with Crippen molar-refractivity contribution < 1.29 is 22.8 Å². The fraction of sp³-hybridized carbons (Fsp3) is 0.222. The fourth-order valence-corrected chi connectivity index (χ4v) is 4.02. The summed E-state index contributed by atoms with van der Waals surface area (Å²) in [6.07, 6.45) is 0. The summed E-state index contributed by atoms with van der Waals surface area (Å²) >= 11 is -0.233. The number of alkyl halides is 3. The molecule has 0 radical (unpaired) electrons. The maximum atomic E-state index is 13.4. The molecule has 0 aromatic heterocycles. The van der Waals surface area contributed by atoms with Crippen molar-refractivity contribution in [1.82, 2.24) is 0 Å². The standard InChI is InChI=1S/C27H27F3N6O2S/c1-26(2,3)19-8-12-21(13-9-19)36(16-17-4-6-18(7-5-17)23(37)34-24(31)35-32)25(38)33-20-10-14-22(15-11-20)39-27(28,29)30/h4-15,32H,16H2,1-3H3,(H,33,38)(H2,31,34,37). The molecule has 0 unspecified atom stereocenters. The van der Waals surface area contributed by atoms with Gasteiger partial charge in [-0.05, 0) is 76.8 Å². The van der Waals surface area contributed by atoms with E-state index in [1.54, 1.807) is 12.1 Å². The first-order chi connectivity index (χ1) is 18.2. The Morgan fingerprint density at radius 1 is 0.949 bits per heavy atom. The minimum Gasteiger partial charge on any atom is -0.366 e. The van der Waals surface area contributed by atoms with Crippen molar-refractivity contribution in [2.24, 2.45) is 15.8 Å². The number of nitrogens with one attached hydrogen (secondary N) is 2. The van der Waals surface area contributed by atoms with Crippen LogP contribution in [0.25, 0.3) is 0 Å². The Kier molecular flexibility index (Phi) is 9.12. The summed E-state index contributed by atoms with van der Waals surface area (Å²) in [5, 5.41) is 5.63. The molecule has 204 valence electrons. The molecule has 8 nitrogen and oxygen atoms in total. The second kappa shape index (κ2) is 12.1. The van der Waals surface area contributed by atoms with Gasteiger partial charge >= 0.3 is 11.5 Å². The Morgan fingerprint density at radius 3 is 2.05 bits per heavy atom. The van der Waals surface area contributed by atoms with Gasteiger partial charge in [0, 0.05) is 21.8 Å². The molecule has 0 saturated heterocycles. The smallest absolute Gasteiger partial charge is 0.366 e. The molecule has 3 aromatic carbocycles. The van der Waals surface area contributed by atoms with Gasteiger partial charge in [0.25, 0.3) is 5.91 Å². The number of halogens is 3. The molecular weight excluding hydrogens is 529 g/mol. The van der Waals surface area contributed by atoms with Gasteiger partial charge in [-0.15, -0.1) is 5.11 Å². The molecule has 3 amide bonds. The summed E-state index contributed by atoms with van der Waals surface area (Å²) < 4.78 is 37.9. The number of amides is 3. The number of urea groups is 1. The number of hydrogen-bond donors (Lipinski definition) is 3. The van der Waals surface area contributed by atoms with Crippen LogP contribution >= 0.6 is 11.8 Å². The summed E-state index contributed by atoms with van der Waals surface area (Å²) in [4.78, 5) is 30.5. The van der Waals surface area contributed by atoms with Gasteiger partial charge in [-0.2, -0.15) is 18.2 Å². The van der Waals surface area contributed by atoms with E-state index < -0.39 is 23.4 Å². The van der Waals surface area contributed by atoms with Gasteiger partial charge in [-0.1, -0.05) is 45.0 Å². The molecule has 0 bridgehead atoms. The van der Waals surface area contributed by atoms with E-state index in [2.05, 4.69) is 36.2 Å². The first-order valence-corrected chi connectivity index (χ1v) is 12.5.